The summed E-state index contributed by atoms with van der Waals surface area (Å²) in [5, 5.41) is 15.6. The molecule has 3 aromatic carbocycles. The number of halogens is 1. The van der Waals surface area contributed by atoms with Crippen LogP contribution in [0, 0.1) is 0 Å². The summed E-state index contributed by atoms with van der Waals surface area (Å²) in [6, 6.07) is 16.7. The minimum Gasteiger partial charge on any atom is -0.507 e. The topological polar surface area (TPSA) is 70.9 Å². The number of fused-ring (bicyclic) bond motifs is 1. The summed E-state index contributed by atoms with van der Waals surface area (Å²) in [4.78, 5) is 12.4. The SMILES string of the molecule is COc1ccc2cc([C@@H](C)C(=O)N/N=C\c3ccc(O)c(Br)c3)ccc2c1. The maximum absolute atomic E-state index is 12.4. The van der Waals surface area contributed by atoms with Crippen molar-refractivity contribution >= 4 is 38.8 Å². The molecular weight excluding hydrogens is 408 g/mol. The maximum Gasteiger partial charge on any atom is 0.247 e. The Bertz CT molecular complexity index is 1020. The van der Waals surface area contributed by atoms with Crippen LogP contribution in [-0.4, -0.2) is 24.3 Å². The molecule has 0 bridgehead atoms. The summed E-state index contributed by atoms with van der Waals surface area (Å²) >= 11 is 3.24. The number of carbonyl (C=O) groups excluding carboxylic acids is 1. The van der Waals surface area contributed by atoms with Gasteiger partial charge in [0.25, 0.3) is 0 Å². The molecule has 0 unspecified atom stereocenters. The molecule has 0 aliphatic rings. The van der Waals surface area contributed by atoms with Crippen LogP contribution in [0.1, 0.15) is 24.0 Å². The van der Waals surface area contributed by atoms with Crippen molar-refractivity contribution in [3.05, 3.63) is 70.2 Å². The summed E-state index contributed by atoms with van der Waals surface area (Å²) in [7, 11) is 1.64. The van der Waals surface area contributed by atoms with Crippen LogP contribution in [0.25, 0.3) is 10.8 Å². The van der Waals surface area contributed by atoms with E-state index in [1.165, 1.54) is 6.21 Å². The number of nitrogens with one attached hydrogen (secondary N) is 1. The lowest BCUT2D eigenvalue weighted by atomic mass is 9.97. The lowest BCUT2D eigenvalue weighted by Gasteiger charge is -2.11. The van der Waals surface area contributed by atoms with Crippen molar-refractivity contribution in [3.8, 4) is 11.5 Å². The molecule has 0 fully saturated rings. The van der Waals surface area contributed by atoms with Gasteiger partial charge in [-0.2, -0.15) is 5.10 Å². The van der Waals surface area contributed by atoms with E-state index < -0.39 is 0 Å². The summed E-state index contributed by atoms with van der Waals surface area (Å²) < 4.78 is 5.80. The van der Waals surface area contributed by atoms with Gasteiger partial charge in [-0.25, -0.2) is 5.43 Å². The van der Waals surface area contributed by atoms with Crippen molar-refractivity contribution in [1.29, 1.82) is 0 Å². The number of phenols is 1. The van der Waals surface area contributed by atoms with Crippen LogP contribution in [-0.2, 0) is 4.79 Å². The van der Waals surface area contributed by atoms with Crippen LogP contribution in [0.4, 0.5) is 0 Å². The highest BCUT2D eigenvalue weighted by molar-refractivity contribution is 9.10. The molecule has 0 saturated heterocycles. The van der Waals surface area contributed by atoms with Crippen LogP contribution in [0.3, 0.4) is 0 Å². The van der Waals surface area contributed by atoms with Crippen LogP contribution in [0.15, 0.2) is 64.2 Å². The molecule has 2 N–H and O–H groups in total. The molecule has 0 aromatic heterocycles. The number of methoxy groups -OCH3 is 1. The van der Waals surface area contributed by atoms with Gasteiger partial charge >= 0.3 is 0 Å². The minimum atomic E-state index is -0.347. The first-order chi connectivity index (χ1) is 13.0. The molecule has 0 aliphatic heterocycles. The van der Waals surface area contributed by atoms with Crippen molar-refractivity contribution in [1.82, 2.24) is 5.43 Å². The van der Waals surface area contributed by atoms with E-state index in [2.05, 4.69) is 26.5 Å². The van der Waals surface area contributed by atoms with E-state index in [1.54, 1.807) is 25.3 Å². The number of benzene rings is 3. The Morgan fingerprint density at radius 2 is 1.89 bits per heavy atom. The van der Waals surface area contributed by atoms with Crippen molar-refractivity contribution in [2.45, 2.75) is 12.8 Å². The quantitative estimate of drug-likeness (QED) is 0.463. The van der Waals surface area contributed by atoms with Gasteiger partial charge in [0, 0.05) is 0 Å². The van der Waals surface area contributed by atoms with Crippen molar-refractivity contribution in [2.75, 3.05) is 7.11 Å². The van der Waals surface area contributed by atoms with Crippen LogP contribution in [0.2, 0.25) is 0 Å². The summed E-state index contributed by atoms with van der Waals surface area (Å²) in [6.07, 6.45) is 1.53. The maximum atomic E-state index is 12.4. The second-order valence-corrected chi connectivity index (χ2v) is 6.99. The van der Waals surface area contributed by atoms with E-state index >= 15 is 0 Å². The number of phenolic OH excluding ortho intramolecular Hbond substituents is 1. The van der Waals surface area contributed by atoms with Crippen molar-refractivity contribution in [3.63, 3.8) is 0 Å². The van der Waals surface area contributed by atoms with E-state index in [9.17, 15) is 9.90 Å². The highest BCUT2D eigenvalue weighted by atomic mass is 79.9. The zero-order valence-electron chi connectivity index (χ0n) is 14.9. The number of amides is 1. The predicted molar refractivity (Wildman–Crippen MR) is 110 cm³/mol. The Labute approximate surface area is 165 Å². The molecule has 138 valence electrons. The smallest absolute Gasteiger partial charge is 0.247 e. The molecule has 1 atom stereocenters. The third-order valence-electron chi connectivity index (χ3n) is 4.32. The zero-order valence-corrected chi connectivity index (χ0v) is 16.5. The number of ether oxygens (including phenoxy) is 1. The second kappa shape index (κ2) is 8.22. The molecule has 0 spiro atoms. The molecule has 0 saturated carbocycles. The second-order valence-electron chi connectivity index (χ2n) is 6.14. The lowest BCUT2D eigenvalue weighted by molar-refractivity contribution is -0.122. The Morgan fingerprint density at radius 3 is 2.63 bits per heavy atom. The van der Waals surface area contributed by atoms with E-state index in [0.29, 0.717) is 4.47 Å². The third kappa shape index (κ3) is 4.46. The highest BCUT2D eigenvalue weighted by Crippen LogP contribution is 2.25. The minimum absolute atomic E-state index is 0.152. The van der Waals surface area contributed by atoms with E-state index in [1.807, 2.05) is 43.3 Å². The van der Waals surface area contributed by atoms with Crippen LogP contribution in [0.5, 0.6) is 11.5 Å². The molecule has 3 rings (SSSR count). The van der Waals surface area contributed by atoms with Gasteiger partial charge in [0.05, 0.1) is 23.7 Å². The van der Waals surface area contributed by atoms with E-state index in [-0.39, 0.29) is 17.6 Å². The first-order valence-electron chi connectivity index (χ1n) is 8.37. The fraction of sp³-hybridized carbons (Fsp3) is 0.143. The van der Waals surface area contributed by atoms with Crippen molar-refractivity contribution < 1.29 is 14.6 Å². The Morgan fingerprint density at radius 1 is 1.15 bits per heavy atom. The Kier molecular flexibility index (Phi) is 5.76. The number of hydrogen-bond donors (Lipinski definition) is 2. The molecule has 6 heteroatoms. The van der Waals surface area contributed by atoms with E-state index in [4.69, 9.17) is 4.74 Å². The monoisotopic (exact) mass is 426 g/mol. The van der Waals surface area contributed by atoms with Gasteiger partial charge in [0.1, 0.15) is 11.5 Å². The molecule has 0 heterocycles. The number of hydrazone groups is 1. The van der Waals surface area contributed by atoms with Crippen LogP contribution >= 0.6 is 15.9 Å². The average molecular weight is 427 g/mol. The lowest BCUT2D eigenvalue weighted by Crippen LogP contribution is -2.23. The Hall–Kier alpha value is -2.86. The van der Waals surface area contributed by atoms with E-state index in [0.717, 1.165) is 27.6 Å². The average Bonchev–Trinajstić information content (AvgIpc) is 2.69. The van der Waals surface area contributed by atoms with Gasteiger partial charge in [-0.1, -0.05) is 24.3 Å². The molecule has 3 aromatic rings. The number of rotatable bonds is 5. The van der Waals surface area contributed by atoms with Gasteiger partial charge in [0.2, 0.25) is 5.91 Å². The molecule has 5 nitrogen and oxygen atoms in total. The standard InChI is InChI=1S/C21H19BrN2O3/c1-13(15-4-5-17-11-18(27-2)7-6-16(17)10-15)21(26)24-23-12-14-3-8-20(25)19(22)9-14/h3-13,25H,1-2H3,(H,24,26)/b23-12-/t13-/m1/s1. The first-order valence-corrected chi connectivity index (χ1v) is 9.16. The molecule has 1 amide bonds. The molecule has 0 aliphatic carbocycles. The van der Waals surface area contributed by atoms with Crippen LogP contribution < -0.4 is 10.2 Å². The van der Waals surface area contributed by atoms with Gasteiger partial charge in [0.15, 0.2) is 0 Å². The predicted octanol–water partition coefficient (Wildman–Crippen LogP) is 4.57. The highest BCUT2D eigenvalue weighted by Gasteiger charge is 2.15. The normalized spacial score (nSPS) is 12.3. The first kappa shape index (κ1) is 18.9. The van der Waals surface area contributed by atoms with Gasteiger partial charge < -0.3 is 9.84 Å². The molecule has 0 radical (unpaired) electrons. The number of aromatic hydroxyl groups is 1. The number of nitrogens with zero attached hydrogens (tertiary/aromatic N) is 1. The van der Waals surface area contributed by atoms with Gasteiger partial charge in [-0.15, -0.1) is 0 Å². The zero-order chi connectivity index (χ0) is 19.4. The van der Waals surface area contributed by atoms with Gasteiger partial charge in [-0.3, -0.25) is 4.79 Å². The largest absolute Gasteiger partial charge is 0.507 e. The molecule has 27 heavy (non-hydrogen) atoms. The number of carbonyl (C=O) groups is 1. The number of hydrogen-bond acceptors (Lipinski definition) is 4. The van der Waals surface area contributed by atoms with Gasteiger partial charge in [-0.05, 0) is 75.1 Å². The Balaban J connectivity index is 1.70. The summed E-state index contributed by atoms with van der Waals surface area (Å²) in [5.41, 5.74) is 4.23. The van der Waals surface area contributed by atoms with Crippen molar-refractivity contribution in [2.24, 2.45) is 5.10 Å². The summed E-state index contributed by atoms with van der Waals surface area (Å²) in [6.45, 7) is 1.84. The fourth-order valence-corrected chi connectivity index (χ4v) is 3.06. The molecular formula is C21H19BrN2O3. The summed E-state index contributed by atoms with van der Waals surface area (Å²) in [5.74, 6) is 0.409. The third-order valence-corrected chi connectivity index (χ3v) is 4.96. The fourth-order valence-electron chi connectivity index (χ4n) is 2.66.